The zero-order chi connectivity index (χ0) is 22.2. The van der Waals surface area contributed by atoms with E-state index in [-0.39, 0.29) is 18.4 Å². The van der Waals surface area contributed by atoms with E-state index in [0.717, 1.165) is 10.0 Å². The van der Waals surface area contributed by atoms with Gasteiger partial charge in [0, 0.05) is 20.7 Å². The van der Waals surface area contributed by atoms with Crippen molar-refractivity contribution in [1.29, 1.82) is 0 Å². The highest BCUT2D eigenvalue weighted by Gasteiger charge is 2.06. The predicted molar refractivity (Wildman–Crippen MR) is 126 cm³/mol. The molecule has 2 amide bonds. The molecule has 8 heteroatoms. The van der Waals surface area contributed by atoms with Gasteiger partial charge in [0.2, 0.25) is 0 Å². The van der Waals surface area contributed by atoms with Crippen molar-refractivity contribution < 1.29 is 14.3 Å². The molecule has 0 aromatic heterocycles. The number of halogens is 2. The number of ether oxygens (including phenoxy) is 1. The lowest BCUT2D eigenvalue weighted by molar-refractivity contribution is -0.118. The van der Waals surface area contributed by atoms with Gasteiger partial charge in [-0.15, -0.1) is 0 Å². The fourth-order valence-corrected chi connectivity index (χ4v) is 2.98. The van der Waals surface area contributed by atoms with Crippen LogP contribution in [0.15, 0.2) is 76.3 Å². The average molecular weight is 501 g/mol. The van der Waals surface area contributed by atoms with Crippen LogP contribution in [0.5, 0.6) is 5.75 Å². The highest BCUT2D eigenvalue weighted by Crippen LogP contribution is 2.20. The molecule has 0 bridgehead atoms. The van der Waals surface area contributed by atoms with Gasteiger partial charge < -0.3 is 10.1 Å². The van der Waals surface area contributed by atoms with E-state index in [4.69, 9.17) is 16.3 Å². The van der Waals surface area contributed by atoms with Crippen LogP contribution in [0.2, 0.25) is 5.02 Å². The van der Waals surface area contributed by atoms with Crippen molar-refractivity contribution in [3.8, 4) is 5.75 Å². The standard InChI is InChI=1S/C23H19BrClN3O3/c1-15-5-10-19(12-21(15)25)27-22(29)14-31-20-4-2-3-16(11-20)13-26-28-23(30)17-6-8-18(24)9-7-17/h2-13H,14H2,1H3,(H,27,29)(H,28,30)/b26-13+. The second kappa shape index (κ2) is 10.7. The van der Waals surface area contributed by atoms with E-state index >= 15 is 0 Å². The van der Waals surface area contributed by atoms with Gasteiger partial charge >= 0.3 is 0 Å². The van der Waals surface area contributed by atoms with Crippen molar-refractivity contribution >= 4 is 51.2 Å². The lowest BCUT2D eigenvalue weighted by Gasteiger charge is -2.09. The molecule has 3 aromatic rings. The molecule has 0 aliphatic rings. The van der Waals surface area contributed by atoms with Gasteiger partial charge in [-0.25, -0.2) is 5.43 Å². The van der Waals surface area contributed by atoms with Gasteiger partial charge in [-0.1, -0.05) is 45.7 Å². The molecule has 158 valence electrons. The number of carbonyl (C=O) groups is 2. The van der Waals surface area contributed by atoms with E-state index in [0.29, 0.717) is 27.6 Å². The van der Waals surface area contributed by atoms with Gasteiger partial charge in [0.15, 0.2) is 6.61 Å². The Morgan fingerprint density at radius 1 is 1.10 bits per heavy atom. The van der Waals surface area contributed by atoms with Crippen LogP contribution in [-0.4, -0.2) is 24.6 Å². The molecule has 2 N–H and O–H groups in total. The van der Waals surface area contributed by atoms with Gasteiger partial charge in [-0.2, -0.15) is 5.10 Å². The summed E-state index contributed by atoms with van der Waals surface area (Å²) < 4.78 is 6.43. The molecule has 6 nitrogen and oxygen atoms in total. The molecule has 0 radical (unpaired) electrons. The first-order chi connectivity index (χ1) is 14.9. The van der Waals surface area contributed by atoms with Gasteiger partial charge in [0.05, 0.1) is 6.21 Å². The van der Waals surface area contributed by atoms with Crippen molar-refractivity contribution in [3.63, 3.8) is 0 Å². The number of nitrogens with one attached hydrogen (secondary N) is 2. The van der Waals surface area contributed by atoms with Crippen molar-refractivity contribution in [1.82, 2.24) is 5.43 Å². The molecule has 0 heterocycles. The molecule has 0 unspecified atom stereocenters. The summed E-state index contributed by atoms with van der Waals surface area (Å²) in [6.07, 6.45) is 1.50. The van der Waals surface area contributed by atoms with E-state index in [9.17, 15) is 9.59 Å². The maximum Gasteiger partial charge on any atom is 0.271 e. The molecule has 0 aliphatic carbocycles. The van der Waals surface area contributed by atoms with E-state index < -0.39 is 0 Å². The van der Waals surface area contributed by atoms with Crippen LogP contribution in [0.25, 0.3) is 0 Å². The number of aryl methyl sites for hydroxylation is 1. The molecular weight excluding hydrogens is 482 g/mol. The maximum atomic E-state index is 12.1. The topological polar surface area (TPSA) is 79.8 Å². The van der Waals surface area contributed by atoms with Crippen molar-refractivity contribution in [2.24, 2.45) is 5.10 Å². The minimum absolute atomic E-state index is 0.160. The third-order valence-electron chi connectivity index (χ3n) is 4.17. The van der Waals surface area contributed by atoms with Crippen LogP contribution in [0, 0.1) is 6.92 Å². The van der Waals surface area contributed by atoms with Gasteiger partial charge in [-0.05, 0) is 66.6 Å². The number of benzene rings is 3. The Labute approximate surface area is 193 Å². The molecular formula is C23H19BrClN3O3. The van der Waals surface area contributed by atoms with Crippen LogP contribution in [0.1, 0.15) is 21.5 Å². The Morgan fingerprint density at radius 2 is 1.87 bits per heavy atom. The Morgan fingerprint density at radius 3 is 2.61 bits per heavy atom. The number of anilines is 1. The Balaban J connectivity index is 1.51. The van der Waals surface area contributed by atoms with Gasteiger partial charge in [-0.3, -0.25) is 9.59 Å². The van der Waals surface area contributed by atoms with Crippen LogP contribution in [-0.2, 0) is 4.79 Å². The number of rotatable bonds is 7. The fraction of sp³-hybridized carbons (Fsp3) is 0.0870. The molecule has 0 aliphatic heterocycles. The molecule has 0 saturated carbocycles. The average Bonchev–Trinajstić information content (AvgIpc) is 2.75. The molecule has 0 spiro atoms. The number of hydrazone groups is 1. The van der Waals surface area contributed by atoms with Crippen LogP contribution in [0.4, 0.5) is 5.69 Å². The predicted octanol–water partition coefficient (Wildman–Crippen LogP) is 5.19. The highest BCUT2D eigenvalue weighted by atomic mass is 79.9. The smallest absolute Gasteiger partial charge is 0.271 e. The Bertz CT molecular complexity index is 1120. The zero-order valence-electron chi connectivity index (χ0n) is 16.6. The van der Waals surface area contributed by atoms with E-state index in [1.165, 1.54) is 6.21 Å². The Hall–Kier alpha value is -3.16. The fourth-order valence-electron chi connectivity index (χ4n) is 2.53. The first-order valence-corrected chi connectivity index (χ1v) is 10.5. The Kier molecular flexibility index (Phi) is 7.81. The minimum atomic E-state index is -0.316. The lowest BCUT2D eigenvalue weighted by atomic mass is 10.2. The summed E-state index contributed by atoms with van der Waals surface area (Å²) in [6.45, 7) is 1.73. The van der Waals surface area contributed by atoms with Gasteiger partial charge in [0.25, 0.3) is 11.8 Å². The summed E-state index contributed by atoms with van der Waals surface area (Å²) in [6, 6.07) is 19.3. The molecule has 31 heavy (non-hydrogen) atoms. The van der Waals surface area contributed by atoms with Crippen molar-refractivity contribution in [3.05, 3.63) is 92.9 Å². The molecule has 3 rings (SSSR count). The SMILES string of the molecule is Cc1ccc(NC(=O)COc2cccc(/C=N/NC(=O)c3ccc(Br)cc3)c2)cc1Cl. The van der Waals surface area contributed by atoms with Gasteiger partial charge in [0.1, 0.15) is 5.75 Å². The minimum Gasteiger partial charge on any atom is -0.484 e. The number of nitrogens with zero attached hydrogens (tertiary/aromatic N) is 1. The summed E-state index contributed by atoms with van der Waals surface area (Å²) >= 11 is 9.39. The highest BCUT2D eigenvalue weighted by molar-refractivity contribution is 9.10. The monoisotopic (exact) mass is 499 g/mol. The van der Waals surface area contributed by atoms with Crippen LogP contribution >= 0.6 is 27.5 Å². The first-order valence-electron chi connectivity index (χ1n) is 9.28. The number of carbonyl (C=O) groups excluding carboxylic acids is 2. The first kappa shape index (κ1) is 22.5. The third-order valence-corrected chi connectivity index (χ3v) is 5.11. The third kappa shape index (κ3) is 6.94. The van der Waals surface area contributed by atoms with E-state index in [1.807, 2.05) is 13.0 Å². The number of hydrogen-bond donors (Lipinski definition) is 2. The van der Waals surface area contributed by atoms with Crippen molar-refractivity contribution in [2.45, 2.75) is 6.92 Å². The zero-order valence-corrected chi connectivity index (χ0v) is 18.9. The molecule has 3 aromatic carbocycles. The second-order valence-electron chi connectivity index (χ2n) is 6.58. The second-order valence-corrected chi connectivity index (χ2v) is 7.90. The summed E-state index contributed by atoms with van der Waals surface area (Å²) in [5.74, 6) is -0.120. The van der Waals surface area contributed by atoms with Crippen LogP contribution in [0.3, 0.4) is 0 Å². The summed E-state index contributed by atoms with van der Waals surface area (Å²) in [5, 5.41) is 7.28. The largest absolute Gasteiger partial charge is 0.484 e. The molecule has 0 atom stereocenters. The summed E-state index contributed by atoms with van der Waals surface area (Å²) in [5.41, 5.74) is 5.21. The van der Waals surface area contributed by atoms with Crippen LogP contribution < -0.4 is 15.5 Å². The number of hydrogen-bond acceptors (Lipinski definition) is 4. The van der Waals surface area contributed by atoms with E-state index in [2.05, 4.69) is 31.8 Å². The van der Waals surface area contributed by atoms with E-state index in [1.54, 1.807) is 60.7 Å². The maximum absolute atomic E-state index is 12.1. The molecule has 0 fully saturated rings. The summed E-state index contributed by atoms with van der Waals surface area (Å²) in [4.78, 5) is 24.2. The normalized spacial score (nSPS) is 10.7. The molecule has 0 saturated heterocycles. The summed E-state index contributed by atoms with van der Waals surface area (Å²) in [7, 11) is 0. The number of amides is 2. The lowest BCUT2D eigenvalue weighted by Crippen LogP contribution is -2.20. The van der Waals surface area contributed by atoms with Crippen molar-refractivity contribution in [2.75, 3.05) is 11.9 Å². The quantitative estimate of drug-likeness (QED) is 0.346.